The summed E-state index contributed by atoms with van der Waals surface area (Å²) in [5.41, 5.74) is -1.32. The first-order valence-corrected chi connectivity index (χ1v) is 16.2. The summed E-state index contributed by atoms with van der Waals surface area (Å²) in [6.45, 7) is 8.25. The molecule has 3 heterocycles. The van der Waals surface area contributed by atoms with Gasteiger partial charge in [0.2, 0.25) is 5.91 Å². The van der Waals surface area contributed by atoms with Crippen LogP contribution in [0, 0.1) is 24.1 Å². The molecule has 12 nitrogen and oxygen atoms in total. The highest BCUT2D eigenvalue weighted by Gasteiger charge is 2.36. The van der Waals surface area contributed by atoms with Crippen molar-refractivity contribution in [1.29, 1.82) is 5.26 Å². The van der Waals surface area contributed by atoms with Crippen molar-refractivity contribution in [2.24, 2.45) is 0 Å². The highest BCUT2D eigenvalue weighted by molar-refractivity contribution is 7.21. The summed E-state index contributed by atoms with van der Waals surface area (Å²) in [5, 5.41) is 21.2. The maximum Gasteiger partial charge on any atom is 0.333 e. The molecule has 48 heavy (non-hydrogen) atoms. The number of nitriles is 1. The summed E-state index contributed by atoms with van der Waals surface area (Å²) in [4.78, 5) is 43.8. The fraction of sp³-hybridized carbons (Fsp3) is 0.353. The maximum atomic E-state index is 14.9. The molecule has 14 heteroatoms. The summed E-state index contributed by atoms with van der Waals surface area (Å²) in [7, 11) is 0. The van der Waals surface area contributed by atoms with Gasteiger partial charge < -0.3 is 14.8 Å². The van der Waals surface area contributed by atoms with Crippen LogP contribution in [0.2, 0.25) is 0 Å². The monoisotopic (exact) mass is 673 g/mol. The molecule has 1 amide bonds. The maximum absolute atomic E-state index is 14.9. The molecule has 0 unspecified atom stereocenters. The molecular weight excluding hydrogens is 637 g/mol. The smallest absolute Gasteiger partial charge is 0.333 e. The van der Waals surface area contributed by atoms with Gasteiger partial charge in [0.25, 0.3) is 5.56 Å². The molecule has 1 atom stereocenters. The van der Waals surface area contributed by atoms with Gasteiger partial charge in [-0.15, -0.1) is 4.80 Å². The Labute approximate surface area is 280 Å². The van der Waals surface area contributed by atoms with Gasteiger partial charge in [0.1, 0.15) is 39.6 Å². The SMILES string of the molecule is Cc1c(-n2nccn2)sc2c1c(=O)n(C(C)(C)C(=O)NC(C)C)c(=O)n2C[C@H](OCCC#N)c1cc(F)ccc1OCc1ccccc1. The minimum atomic E-state index is -1.60. The third-order valence-corrected chi connectivity index (χ3v) is 9.04. The van der Waals surface area contributed by atoms with Gasteiger partial charge in [0.15, 0.2) is 0 Å². The molecule has 0 bridgehead atoms. The molecular formula is C34H36FN7O5S. The van der Waals surface area contributed by atoms with Crippen LogP contribution in [0.1, 0.15) is 56.9 Å². The van der Waals surface area contributed by atoms with E-state index in [1.807, 2.05) is 36.4 Å². The Hall–Kier alpha value is -5.13. The summed E-state index contributed by atoms with van der Waals surface area (Å²) in [6, 6.07) is 15.3. The van der Waals surface area contributed by atoms with Gasteiger partial charge in [-0.05, 0) is 58.4 Å². The van der Waals surface area contributed by atoms with Crippen LogP contribution in [0.15, 0.2) is 70.5 Å². The van der Waals surface area contributed by atoms with Crippen molar-refractivity contribution in [2.75, 3.05) is 6.61 Å². The first-order chi connectivity index (χ1) is 22.9. The Kier molecular flexibility index (Phi) is 10.2. The van der Waals surface area contributed by atoms with E-state index in [2.05, 4.69) is 15.5 Å². The fourth-order valence-corrected chi connectivity index (χ4v) is 6.55. The first kappa shape index (κ1) is 34.2. The number of rotatable bonds is 13. The third-order valence-electron chi connectivity index (χ3n) is 7.76. The average molecular weight is 674 g/mol. The minimum Gasteiger partial charge on any atom is -0.489 e. The molecule has 250 valence electrons. The molecule has 0 aliphatic carbocycles. The van der Waals surface area contributed by atoms with E-state index in [1.165, 1.54) is 53.8 Å². The van der Waals surface area contributed by atoms with E-state index in [4.69, 9.17) is 9.47 Å². The molecule has 0 spiro atoms. The molecule has 5 rings (SSSR count). The van der Waals surface area contributed by atoms with E-state index >= 15 is 0 Å². The molecule has 0 aliphatic rings. The highest BCUT2D eigenvalue weighted by Crippen LogP contribution is 2.35. The Morgan fingerprint density at radius 2 is 1.83 bits per heavy atom. The molecule has 0 fully saturated rings. The summed E-state index contributed by atoms with van der Waals surface area (Å²) >= 11 is 1.13. The van der Waals surface area contributed by atoms with Crippen LogP contribution in [-0.2, 0) is 28.2 Å². The van der Waals surface area contributed by atoms with Gasteiger partial charge in [-0.25, -0.2) is 13.8 Å². The number of aryl methyl sites for hydroxylation is 1. The van der Waals surface area contributed by atoms with Crippen molar-refractivity contribution in [2.45, 2.75) is 71.9 Å². The zero-order valence-electron chi connectivity index (χ0n) is 27.3. The van der Waals surface area contributed by atoms with Crippen molar-refractivity contribution in [3.63, 3.8) is 0 Å². The summed E-state index contributed by atoms with van der Waals surface area (Å²) in [6.07, 6.45) is 2.02. The van der Waals surface area contributed by atoms with Crippen molar-refractivity contribution in [3.05, 3.63) is 104 Å². The van der Waals surface area contributed by atoms with E-state index < -0.39 is 34.6 Å². The summed E-state index contributed by atoms with van der Waals surface area (Å²) in [5.74, 6) is -0.757. The van der Waals surface area contributed by atoms with Crippen LogP contribution < -0.4 is 21.3 Å². The predicted octanol–water partition coefficient (Wildman–Crippen LogP) is 4.76. The number of benzene rings is 2. The fourth-order valence-electron chi connectivity index (χ4n) is 5.33. The number of thiophene rings is 1. The number of carbonyl (C=O) groups excluding carboxylic acids is 1. The number of aromatic nitrogens is 5. The topological polar surface area (TPSA) is 146 Å². The van der Waals surface area contributed by atoms with Crippen molar-refractivity contribution in [1.82, 2.24) is 29.4 Å². The Morgan fingerprint density at radius 3 is 2.50 bits per heavy atom. The van der Waals surface area contributed by atoms with E-state index in [9.17, 15) is 24.0 Å². The lowest BCUT2D eigenvalue weighted by atomic mass is 10.0. The number of ether oxygens (including phenoxy) is 2. The Morgan fingerprint density at radius 1 is 1.12 bits per heavy atom. The van der Waals surface area contributed by atoms with Gasteiger partial charge in [-0.2, -0.15) is 15.5 Å². The quantitative estimate of drug-likeness (QED) is 0.176. The van der Waals surface area contributed by atoms with Crippen LogP contribution in [0.5, 0.6) is 5.75 Å². The number of hydrogen-bond acceptors (Lipinski definition) is 9. The minimum absolute atomic E-state index is 0.0262. The number of halogens is 1. The lowest BCUT2D eigenvalue weighted by Gasteiger charge is -2.28. The Bertz CT molecular complexity index is 2080. The van der Waals surface area contributed by atoms with Crippen LogP contribution in [-0.4, -0.2) is 42.7 Å². The molecule has 2 aromatic carbocycles. The molecule has 0 saturated carbocycles. The van der Waals surface area contributed by atoms with Crippen LogP contribution in [0.3, 0.4) is 0 Å². The van der Waals surface area contributed by atoms with E-state index in [0.29, 0.717) is 26.7 Å². The van der Waals surface area contributed by atoms with Crippen molar-refractivity contribution < 1.29 is 18.7 Å². The summed E-state index contributed by atoms with van der Waals surface area (Å²) < 4.78 is 29.5. The second-order valence-electron chi connectivity index (χ2n) is 12.0. The second kappa shape index (κ2) is 14.3. The lowest BCUT2D eigenvalue weighted by Crippen LogP contribution is -2.56. The number of nitrogens with zero attached hydrogens (tertiary/aromatic N) is 6. The van der Waals surface area contributed by atoms with E-state index in [1.54, 1.807) is 20.8 Å². The number of amides is 1. The van der Waals surface area contributed by atoms with Gasteiger partial charge in [-0.3, -0.25) is 14.2 Å². The molecule has 5 aromatic rings. The van der Waals surface area contributed by atoms with E-state index in [-0.39, 0.29) is 37.6 Å². The molecule has 3 aromatic heterocycles. The van der Waals surface area contributed by atoms with Gasteiger partial charge in [0.05, 0.1) is 43.4 Å². The number of nitrogens with one attached hydrogen (secondary N) is 1. The van der Waals surface area contributed by atoms with Crippen LogP contribution in [0.4, 0.5) is 4.39 Å². The zero-order chi connectivity index (χ0) is 34.6. The lowest BCUT2D eigenvalue weighted by molar-refractivity contribution is -0.129. The van der Waals surface area contributed by atoms with Gasteiger partial charge in [0, 0.05) is 17.2 Å². The van der Waals surface area contributed by atoms with Crippen molar-refractivity contribution >= 4 is 27.5 Å². The normalized spacial score (nSPS) is 12.3. The standard InChI is InChI=1S/C34H36FN7O5S/c1-21(2)39-32(44)34(4,5)41-29(43)28-22(3)30(42-37-15-16-38-42)48-31(28)40(33(41)45)19-27(46-17-9-14-36)25-18-24(35)12-13-26(25)47-20-23-10-7-6-8-11-23/h6-8,10-13,15-16,18,21,27H,9,17,19-20H2,1-5H3,(H,39,44)/t27-/m0/s1. The molecule has 0 saturated heterocycles. The largest absolute Gasteiger partial charge is 0.489 e. The average Bonchev–Trinajstić information content (AvgIpc) is 3.70. The van der Waals surface area contributed by atoms with Gasteiger partial charge >= 0.3 is 5.69 Å². The number of hydrogen-bond donors (Lipinski definition) is 1. The van der Waals surface area contributed by atoms with Crippen LogP contribution >= 0.6 is 11.3 Å². The molecule has 0 aliphatic heterocycles. The number of carbonyl (C=O) groups is 1. The molecule has 1 N–H and O–H groups in total. The third kappa shape index (κ3) is 6.92. The predicted molar refractivity (Wildman–Crippen MR) is 179 cm³/mol. The molecule has 0 radical (unpaired) electrons. The van der Waals surface area contributed by atoms with Gasteiger partial charge in [-0.1, -0.05) is 41.7 Å². The first-order valence-electron chi connectivity index (χ1n) is 15.4. The van der Waals surface area contributed by atoms with Crippen molar-refractivity contribution in [3.8, 4) is 16.8 Å². The van der Waals surface area contributed by atoms with E-state index in [0.717, 1.165) is 21.5 Å². The Balaban J connectivity index is 1.71. The zero-order valence-corrected chi connectivity index (χ0v) is 28.1. The second-order valence-corrected chi connectivity index (χ2v) is 13.0. The number of fused-ring (bicyclic) bond motifs is 1. The van der Waals surface area contributed by atoms with Crippen LogP contribution in [0.25, 0.3) is 15.2 Å². The highest BCUT2D eigenvalue weighted by atomic mass is 32.1.